The number of amides is 2. The molecule has 1 saturated heterocycles. The van der Waals surface area contributed by atoms with E-state index in [1.54, 1.807) is 17.0 Å². The predicted octanol–water partition coefficient (Wildman–Crippen LogP) is 3.76. The lowest BCUT2D eigenvalue weighted by molar-refractivity contribution is 0.101. The van der Waals surface area contributed by atoms with Gasteiger partial charge in [0.15, 0.2) is 5.78 Å². The van der Waals surface area contributed by atoms with E-state index >= 15 is 0 Å². The minimum Gasteiger partial charge on any atom is -0.366 e. The Bertz CT molecular complexity index is 849. The number of hydrogen-bond acceptors (Lipinski definition) is 3. The van der Waals surface area contributed by atoms with Crippen LogP contribution in [0.2, 0.25) is 5.02 Å². The van der Waals surface area contributed by atoms with Crippen molar-refractivity contribution in [2.75, 3.05) is 37.6 Å². The lowest BCUT2D eigenvalue weighted by Gasteiger charge is -2.36. The van der Waals surface area contributed by atoms with Gasteiger partial charge in [-0.1, -0.05) is 23.7 Å². The monoisotopic (exact) mass is 403 g/mol. The molecule has 1 N–H and O–H groups in total. The van der Waals surface area contributed by atoms with Crippen molar-refractivity contribution in [3.05, 3.63) is 64.4 Å². The zero-order valence-electron chi connectivity index (χ0n) is 15.8. The lowest BCUT2D eigenvalue weighted by Crippen LogP contribution is -2.52. The van der Waals surface area contributed by atoms with E-state index in [1.807, 2.05) is 29.2 Å². The Balaban J connectivity index is 1.47. The Labute approximate surface area is 169 Å². The summed E-state index contributed by atoms with van der Waals surface area (Å²) in [6.07, 6.45) is 0.733. The Morgan fingerprint density at radius 3 is 2.36 bits per heavy atom. The maximum absolute atomic E-state index is 14.3. The number of carbonyl (C=O) groups is 2. The molecular weight excluding hydrogens is 381 g/mol. The zero-order chi connectivity index (χ0) is 20.1. The van der Waals surface area contributed by atoms with Gasteiger partial charge in [-0.3, -0.25) is 4.79 Å². The SMILES string of the molecule is CC(=O)c1ccc(N2CCN(C(=O)NCCc3ccc(Cl)cc3)CC2)c(F)c1. The van der Waals surface area contributed by atoms with Crippen LogP contribution in [0.15, 0.2) is 42.5 Å². The molecular formula is C21H23ClFN3O2. The number of benzene rings is 2. The van der Waals surface area contributed by atoms with E-state index in [2.05, 4.69) is 5.32 Å². The van der Waals surface area contributed by atoms with Crippen molar-refractivity contribution < 1.29 is 14.0 Å². The maximum Gasteiger partial charge on any atom is 0.317 e. The van der Waals surface area contributed by atoms with Crippen molar-refractivity contribution in [2.45, 2.75) is 13.3 Å². The summed E-state index contributed by atoms with van der Waals surface area (Å²) in [5.74, 6) is -0.570. The van der Waals surface area contributed by atoms with E-state index in [1.165, 1.54) is 13.0 Å². The van der Waals surface area contributed by atoms with Crippen molar-refractivity contribution >= 4 is 29.1 Å². The minimum absolute atomic E-state index is 0.110. The standard InChI is InChI=1S/C21H23ClFN3O2/c1-15(27)17-4-7-20(19(23)14-17)25-10-12-26(13-11-25)21(28)24-9-8-16-2-5-18(22)6-3-16/h2-7,14H,8-13H2,1H3,(H,24,28). The van der Waals surface area contributed by atoms with Gasteiger partial charge in [0.25, 0.3) is 0 Å². The Morgan fingerprint density at radius 2 is 1.75 bits per heavy atom. The summed E-state index contributed by atoms with van der Waals surface area (Å²) in [6.45, 7) is 4.07. The number of urea groups is 1. The molecule has 2 aromatic carbocycles. The van der Waals surface area contributed by atoms with Crippen LogP contribution in [0.4, 0.5) is 14.9 Å². The summed E-state index contributed by atoms with van der Waals surface area (Å²) in [5.41, 5.74) is 1.94. The van der Waals surface area contributed by atoms with Crippen LogP contribution in [0.25, 0.3) is 0 Å². The molecule has 0 aliphatic carbocycles. The number of nitrogens with one attached hydrogen (secondary N) is 1. The highest BCUT2D eigenvalue weighted by Crippen LogP contribution is 2.22. The first kappa shape index (κ1) is 20.1. The lowest BCUT2D eigenvalue weighted by atomic mass is 10.1. The maximum atomic E-state index is 14.3. The molecule has 0 aromatic heterocycles. The molecule has 5 nitrogen and oxygen atoms in total. The smallest absolute Gasteiger partial charge is 0.317 e. The normalized spacial score (nSPS) is 14.1. The number of piperazine rings is 1. The molecule has 148 valence electrons. The van der Waals surface area contributed by atoms with Crippen molar-refractivity contribution in [3.63, 3.8) is 0 Å². The van der Waals surface area contributed by atoms with Crippen LogP contribution in [0, 0.1) is 5.82 Å². The molecule has 7 heteroatoms. The van der Waals surface area contributed by atoms with Gasteiger partial charge in [-0.2, -0.15) is 0 Å². The number of nitrogens with zero attached hydrogens (tertiary/aromatic N) is 2. The third-order valence-corrected chi connectivity index (χ3v) is 5.12. The van der Waals surface area contributed by atoms with Crippen LogP contribution >= 0.6 is 11.6 Å². The van der Waals surface area contributed by atoms with Crippen LogP contribution in [0.1, 0.15) is 22.8 Å². The molecule has 1 aliphatic rings. The summed E-state index contributed by atoms with van der Waals surface area (Å²) in [5, 5.41) is 3.62. The van der Waals surface area contributed by atoms with Crippen LogP contribution < -0.4 is 10.2 Å². The topological polar surface area (TPSA) is 52.7 Å². The van der Waals surface area contributed by atoms with Crippen LogP contribution in [-0.4, -0.2) is 49.4 Å². The number of ketones is 1. The van der Waals surface area contributed by atoms with Gasteiger partial charge in [0.2, 0.25) is 0 Å². The minimum atomic E-state index is -0.409. The molecule has 0 unspecified atom stereocenters. The van der Waals surface area contributed by atoms with Gasteiger partial charge in [-0.25, -0.2) is 9.18 Å². The molecule has 0 bridgehead atoms. The zero-order valence-corrected chi connectivity index (χ0v) is 16.5. The number of rotatable bonds is 5. The highest BCUT2D eigenvalue weighted by molar-refractivity contribution is 6.30. The van der Waals surface area contributed by atoms with Crippen molar-refractivity contribution in [1.82, 2.24) is 10.2 Å². The van der Waals surface area contributed by atoms with E-state index in [9.17, 15) is 14.0 Å². The first-order valence-electron chi connectivity index (χ1n) is 9.26. The second-order valence-corrected chi connectivity index (χ2v) is 7.24. The van der Waals surface area contributed by atoms with Crippen molar-refractivity contribution in [2.24, 2.45) is 0 Å². The summed E-state index contributed by atoms with van der Waals surface area (Å²) in [7, 11) is 0. The Kier molecular flexibility index (Phi) is 6.52. The quantitative estimate of drug-likeness (QED) is 0.773. The highest BCUT2D eigenvalue weighted by atomic mass is 35.5. The first-order valence-corrected chi connectivity index (χ1v) is 9.64. The Hall–Kier alpha value is -2.60. The first-order chi connectivity index (χ1) is 13.4. The van der Waals surface area contributed by atoms with Gasteiger partial charge >= 0.3 is 6.03 Å². The number of anilines is 1. The summed E-state index contributed by atoms with van der Waals surface area (Å²) in [4.78, 5) is 27.3. The van der Waals surface area contributed by atoms with E-state index in [-0.39, 0.29) is 11.8 Å². The molecule has 0 radical (unpaired) electrons. The summed E-state index contributed by atoms with van der Waals surface area (Å²) in [6, 6.07) is 12.0. The number of Topliss-reactive ketones (excluding diaryl/α,β-unsaturated/α-hetero) is 1. The molecule has 0 spiro atoms. The fourth-order valence-electron chi connectivity index (χ4n) is 3.21. The fourth-order valence-corrected chi connectivity index (χ4v) is 3.34. The second-order valence-electron chi connectivity index (χ2n) is 6.80. The second kappa shape index (κ2) is 9.06. The average Bonchev–Trinajstić information content (AvgIpc) is 2.69. The van der Waals surface area contributed by atoms with Gasteiger partial charge in [0.1, 0.15) is 5.82 Å². The molecule has 1 heterocycles. The van der Waals surface area contributed by atoms with Crippen molar-refractivity contribution in [1.29, 1.82) is 0 Å². The summed E-state index contributed by atoms with van der Waals surface area (Å²) >= 11 is 5.87. The van der Waals surface area contributed by atoms with Gasteiger partial charge in [-0.05, 0) is 49.2 Å². The molecule has 2 amide bonds. The van der Waals surface area contributed by atoms with Crippen LogP contribution in [0.3, 0.4) is 0 Å². The third kappa shape index (κ3) is 5.01. The van der Waals surface area contributed by atoms with E-state index in [0.717, 1.165) is 12.0 Å². The largest absolute Gasteiger partial charge is 0.366 e. The predicted molar refractivity (Wildman–Crippen MR) is 109 cm³/mol. The van der Waals surface area contributed by atoms with Crippen molar-refractivity contribution in [3.8, 4) is 0 Å². The molecule has 2 aromatic rings. The summed E-state index contributed by atoms with van der Waals surface area (Å²) < 4.78 is 14.3. The molecule has 0 saturated carbocycles. The molecule has 3 rings (SSSR count). The van der Waals surface area contributed by atoms with Crippen LogP contribution in [-0.2, 0) is 6.42 Å². The average molecular weight is 404 g/mol. The Morgan fingerprint density at radius 1 is 1.07 bits per heavy atom. The van der Waals surface area contributed by atoms with Gasteiger partial charge in [0, 0.05) is 43.3 Å². The molecule has 28 heavy (non-hydrogen) atoms. The van der Waals surface area contributed by atoms with Gasteiger partial charge in [0.05, 0.1) is 5.69 Å². The van der Waals surface area contributed by atoms with Gasteiger partial charge < -0.3 is 15.1 Å². The van der Waals surface area contributed by atoms with Crippen LogP contribution in [0.5, 0.6) is 0 Å². The van der Waals surface area contributed by atoms with Gasteiger partial charge in [-0.15, -0.1) is 0 Å². The number of halogens is 2. The number of carbonyl (C=O) groups excluding carboxylic acids is 2. The fraction of sp³-hybridized carbons (Fsp3) is 0.333. The number of hydrogen-bond donors (Lipinski definition) is 1. The van der Waals surface area contributed by atoms with E-state index in [0.29, 0.717) is 49.0 Å². The highest BCUT2D eigenvalue weighted by Gasteiger charge is 2.23. The molecule has 1 fully saturated rings. The van der Waals surface area contributed by atoms with E-state index in [4.69, 9.17) is 11.6 Å². The molecule has 0 atom stereocenters. The third-order valence-electron chi connectivity index (χ3n) is 4.86. The molecule has 1 aliphatic heterocycles. The van der Waals surface area contributed by atoms with E-state index < -0.39 is 5.82 Å².